The van der Waals surface area contributed by atoms with Crippen LogP contribution in [-0.4, -0.2) is 45.9 Å². The van der Waals surface area contributed by atoms with Crippen LogP contribution in [0.2, 0.25) is 0 Å². The number of ether oxygens (including phenoxy) is 4. The molecule has 0 aliphatic carbocycles. The first-order valence-electron chi connectivity index (χ1n) is 13.0. The highest BCUT2D eigenvalue weighted by Crippen LogP contribution is 2.44. The summed E-state index contributed by atoms with van der Waals surface area (Å²) < 4.78 is 21.9. The lowest BCUT2D eigenvalue weighted by Gasteiger charge is -2.14. The Morgan fingerprint density at radius 3 is 2.27 bits per heavy atom. The Balaban J connectivity index is 1.52. The third-order valence-corrected chi connectivity index (χ3v) is 7.92. The van der Waals surface area contributed by atoms with E-state index in [-0.39, 0.29) is 5.91 Å². The molecule has 41 heavy (non-hydrogen) atoms. The Bertz CT molecular complexity index is 1700. The number of anilines is 1. The Hall–Kier alpha value is -4.76. The maximum absolute atomic E-state index is 13.4. The minimum Gasteiger partial charge on any atom is -0.497 e. The number of nitrogens with two attached hydrogens (primary N) is 1. The molecule has 8 nitrogen and oxygen atoms in total. The van der Waals surface area contributed by atoms with Gasteiger partial charge in [-0.3, -0.25) is 4.79 Å². The molecule has 5 aromatic rings. The fraction of sp³-hybridized carbons (Fsp3) is 0.188. The van der Waals surface area contributed by atoms with Gasteiger partial charge in [0.15, 0.2) is 11.5 Å². The summed E-state index contributed by atoms with van der Waals surface area (Å²) in [5, 5.41) is 3.71. The van der Waals surface area contributed by atoms with Crippen LogP contribution < -0.4 is 30.0 Å². The smallest absolute Gasteiger partial charge is 0.263 e. The molecule has 0 aliphatic rings. The molecule has 0 unspecified atom stereocenters. The fourth-order valence-corrected chi connectivity index (χ4v) is 5.76. The molecule has 2 aromatic heterocycles. The van der Waals surface area contributed by atoms with Crippen LogP contribution in [0.4, 0.5) is 5.69 Å². The standard InChI is InChI=1S/C32H31N3O5S/c1-37-21-11-13-25(38-2)22(17-21)23-18-24(20-8-6-5-7-9-20)35-32-28(23)29(33)30(41-32)31(36)34-15-14-19-10-12-26(39-3)27(16-19)40-4/h5-13,16-18H,14-15,33H2,1-4H3,(H,34,36). The summed E-state index contributed by atoms with van der Waals surface area (Å²) in [6.45, 7) is 0.418. The molecular formula is C32H31N3O5S. The van der Waals surface area contributed by atoms with Crippen molar-refractivity contribution in [3.8, 4) is 45.4 Å². The lowest BCUT2D eigenvalue weighted by Crippen LogP contribution is -2.25. The van der Waals surface area contributed by atoms with Crippen LogP contribution in [0.15, 0.2) is 72.8 Å². The van der Waals surface area contributed by atoms with E-state index >= 15 is 0 Å². The summed E-state index contributed by atoms with van der Waals surface area (Å²) in [5.41, 5.74) is 11.4. The molecule has 0 bridgehead atoms. The number of fused-ring (bicyclic) bond motifs is 1. The molecule has 0 aliphatic heterocycles. The number of nitrogen functional groups attached to an aromatic ring is 1. The Labute approximate surface area is 242 Å². The largest absolute Gasteiger partial charge is 0.497 e. The Morgan fingerprint density at radius 1 is 0.829 bits per heavy atom. The molecule has 0 spiro atoms. The van der Waals surface area contributed by atoms with E-state index < -0.39 is 0 Å². The van der Waals surface area contributed by atoms with E-state index in [0.717, 1.165) is 27.9 Å². The van der Waals surface area contributed by atoms with Gasteiger partial charge in [0.1, 0.15) is 21.2 Å². The zero-order valence-corrected chi connectivity index (χ0v) is 24.1. The van der Waals surface area contributed by atoms with Gasteiger partial charge in [-0.2, -0.15) is 0 Å². The van der Waals surface area contributed by atoms with Gasteiger partial charge >= 0.3 is 0 Å². The molecule has 3 N–H and O–H groups in total. The number of nitrogens with zero attached hydrogens (tertiary/aromatic N) is 1. The number of hydrogen-bond acceptors (Lipinski definition) is 8. The van der Waals surface area contributed by atoms with E-state index in [0.29, 0.717) is 56.7 Å². The molecule has 9 heteroatoms. The van der Waals surface area contributed by atoms with Crippen LogP contribution in [0, 0.1) is 0 Å². The van der Waals surface area contributed by atoms with Crippen LogP contribution in [0.5, 0.6) is 23.0 Å². The molecule has 0 radical (unpaired) electrons. The topological polar surface area (TPSA) is 105 Å². The van der Waals surface area contributed by atoms with Crippen molar-refractivity contribution in [3.63, 3.8) is 0 Å². The van der Waals surface area contributed by atoms with Crippen molar-refractivity contribution in [2.24, 2.45) is 0 Å². The van der Waals surface area contributed by atoms with Crippen LogP contribution >= 0.6 is 11.3 Å². The third-order valence-electron chi connectivity index (χ3n) is 6.82. The van der Waals surface area contributed by atoms with Crippen LogP contribution in [0.25, 0.3) is 32.6 Å². The molecule has 5 rings (SSSR count). The summed E-state index contributed by atoms with van der Waals surface area (Å²) in [6, 6.07) is 23.2. The number of rotatable bonds is 10. The first kappa shape index (κ1) is 27.8. The number of thiophene rings is 1. The van der Waals surface area contributed by atoms with E-state index in [2.05, 4.69) is 5.32 Å². The van der Waals surface area contributed by atoms with Crippen molar-refractivity contribution < 1.29 is 23.7 Å². The number of hydrogen-bond donors (Lipinski definition) is 2. The highest BCUT2D eigenvalue weighted by Gasteiger charge is 2.23. The van der Waals surface area contributed by atoms with Crippen molar-refractivity contribution in [2.45, 2.75) is 6.42 Å². The van der Waals surface area contributed by atoms with Gasteiger partial charge in [0.25, 0.3) is 5.91 Å². The molecule has 1 amide bonds. The lowest BCUT2D eigenvalue weighted by atomic mass is 9.98. The lowest BCUT2D eigenvalue weighted by molar-refractivity contribution is 0.0959. The third kappa shape index (κ3) is 5.62. The van der Waals surface area contributed by atoms with Gasteiger partial charge in [0.2, 0.25) is 0 Å². The van der Waals surface area contributed by atoms with E-state index in [1.54, 1.807) is 28.4 Å². The molecule has 3 aromatic carbocycles. The van der Waals surface area contributed by atoms with Crippen molar-refractivity contribution in [1.82, 2.24) is 10.3 Å². The van der Waals surface area contributed by atoms with E-state index in [1.165, 1.54) is 11.3 Å². The van der Waals surface area contributed by atoms with E-state index in [1.807, 2.05) is 72.8 Å². The van der Waals surface area contributed by atoms with Gasteiger partial charge in [0, 0.05) is 28.6 Å². The highest BCUT2D eigenvalue weighted by molar-refractivity contribution is 7.21. The van der Waals surface area contributed by atoms with Gasteiger partial charge in [-0.15, -0.1) is 11.3 Å². The van der Waals surface area contributed by atoms with Gasteiger partial charge in [-0.05, 0) is 48.4 Å². The van der Waals surface area contributed by atoms with E-state index in [4.69, 9.17) is 29.7 Å². The summed E-state index contributed by atoms with van der Waals surface area (Å²) in [4.78, 5) is 19.4. The van der Waals surface area contributed by atoms with Crippen LogP contribution in [0.3, 0.4) is 0 Å². The predicted octanol–water partition coefficient (Wildman–Crippen LogP) is 6.22. The summed E-state index contributed by atoms with van der Waals surface area (Å²) >= 11 is 1.27. The second-order valence-corrected chi connectivity index (χ2v) is 10.2. The molecular weight excluding hydrogens is 538 g/mol. The zero-order valence-electron chi connectivity index (χ0n) is 23.3. The maximum atomic E-state index is 13.4. The summed E-state index contributed by atoms with van der Waals surface area (Å²) in [5.74, 6) is 2.38. The highest BCUT2D eigenvalue weighted by atomic mass is 32.1. The Morgan fingerprint density at radius 2 is 1.56 bits per heavy atom. The van der Waals surface area contributed by atoms with Gasteiger partial charge < -0.3 is 30.0 Å². The number of aromatic nitrogens is 1. The minimum atomic E-state index is -0.254. The van der Waals surface area contributed by atoms with Crippen molar-refractivity contribution in [1.29, 1.82) is 0 Å². The Kier molecular flexibility index (Phi) is 8.26. The average molecular weight is 570 g/mol. The fourth-order valence-electron chi connectivity index (χ4n) is 4.72. The first-order valence-corrected chi connectivity index (χ1v) is 13.8. The number of methoxy groups -OCH3 is 4. The van der Waals surface area contributed by atoms with Gasteiger partial charge in [0.05, 0.1) is 39.8 Å². The molecule has 0 saturated carbocycles. The van der Waals surface area contributed by atoms with Crippen molar-refractivity contribution in [2.75, 3.05) is 40.7 Å². The quantitative estimate of drug-likeness (QED) is 0.206. The van der Waals surface area contributed by atoms with Crippen molar-refractivity contribution in [3.05, 3.63) is 83.2 Å². The van der Waals surface area contributed by atoms with Crippen molar-refractivity contribution >= 4 is 33.1 Å². The first-order chi connectivity index (χ1) is 20.0. The molecule has 2 heterocycles. The van der Waals surface area contributed by atoms with Crippen LogP contribution in [-0.2, 0) is 6.42 Å². The van der Waals surface area contributed by atoms with Gasteiger partial charge in [-0.25, -0.2) is 4.98 Å². The SMILES string of the molecule is COc1ccc(OC)c(-c2cc(-c3ccccc3)nc3sc(C(=O)NCCc4ccc(OC)c(OC)c4)c(N)c23)c1. The molecule has 0 fully saturated rings. The zero-order chi connectivity index (χ0) is 28.9. The normalized spacial score (nSPS) is 10.8. The average Bonchev–Trinajstić information content (AvgIpc) is 3.36. The van der Waals surface area contributed by atoms with Crippen LogP contribution in [0.1, 0.15) is 15.2 Å². The summed E-state index contributed by atoms with van der Waals surface area (Å²) in [6.07, 6.45) is 0.611. The van der Waals surface area contributed by atoms with Gasteiger partial charge in [-0.1, -0.05) is 36.4 Å². The second kappa shape index (κ2) is 12.2. The summed E-state index contributed by atoms with van der Waals surface area (Å²) in [7, 11) is 6.43. The predicted molar refractivity (Wildman–Crippen MR) is 164 cm³/mol. The number of benzene rings is 3. The minimum absolute atomic E-state index is 0.254. The molecule has 210 valence electrons. The maximum Gasteiger partial charge on any atom is 0.263 e. The number of pyridine rings is 1. The molecule has 0 atom stereocenters. The number of nitrogens with one attached hydrogen (secondary N) is 1. The second-order valence-electron chi connectivity index (χ2n) is 9.21. The van der Waals surface area contributed by atoms with E-state index in [9.17, 15) is 4.79 Å². The number of amides is 1. The molecule has 0 saturated heterocycles. The number of carbonyl (C=O) groups is 1. The number of carbonyl (C=O) groups excluding carboxylic acids is 1. The monoisotopic (exact) mass is 569 g/mol.